The van der Waals surface area contributed by atoms with Crippen molar-refractivity contribution in [2.24, 2.45) is 0 Å². The highest BCUT2D eigenvalue weighted by molar-refractivity contribution is 7.47. The van der Waals surface area contributed by atoms with Gasteiger partial charge in [-0.15, -0.1) is 0 Å². The van der Waals surface area contributed by atoms with E-state index in [1.54, 1.807) is 0 Å². The Hall–Kier alpha value is 0.0700. The fourth-order valence-electron chi connectivity index (χ4n) is 5.34. The smallest absolute Gasteiger partial charge is 0.303 e. The van der Waals surface area contributed by atoms with E-state index in [0.717, 1.165) is 32.2 Å². The zero-order valence-electron chi connectivity index (χ0n) is 27.5. The first-order valence-electron chi connectivity index (χ1n) is 17.9. The third-order valence-corrected chi connectivity index (χ3v) is 9.05. The van der Waals surface area contributed by atoms with Crippen LogP contribution in [0.4, 0.5) is 0 Å². The lowest BCUT2D eigenvalue weighted by Crippen LogP contribution is -2.27. The zero-order chi connectivity index (χ0) is 29.4. The molecule has 1 unspecified atom stereocenters. The van der Waals surface area contributed by atoms with Crippen molar-refractivity contribution in [3.05, 3.63) is 0 Å². The summed E-state index contributed by atoms with van der Waals surface area (Å²) in [4.78, 5) is 12.6. The summed E-state index contributed by atoms with van der Waals surface area (Å²) < 4.78 is 22.7. The minimum Gasteiger partial charge on any atom is -0.303 e. The van der Waals surface area contributed by atoms with Crippen LogP contribution in [0.25, 0.3) is 0 Å². The van der Waals surface area contributed by atoms with Crippen LogP contribution in [0.2, 0.25) is 0 Å². The van der Waals surface area contributed by atoms with Crippen LogP contribution in [0, 0.1) is 0 Å². The summed E-state index contributed by atoms with van der Waals surface area (Å²) in [5, 5.41) is 0. The number of hydrogen-bond donors (Lipinski definition) is 1. The Balaban J connectivity index is 3.96. The van der Waals surface area contributed by atoms with Crippen LogP contribution in [-0.4, -0.2) is 42.6 Å². The van der Waals surface area contributed by atoms with Gasteiger partial charge in [0.15, 0.2) is 0 Å². The second-order valence-electron chi connectivity index (χ2n) is 12.1. The Morgan fingerprint density at radius 2 is 0.675 bits per heavy atom. The fourth-order valence-corrected chi connectivity index (χ4v) is 6.14. The summed E-state index contributed by atoms with van der Waals surface area (Å²) in [6.07, 6.45) is 33.1. The zero-order valence-corrected chi connectivity index (χ0v) is 28.4. The molecule has 6 heteroatoms. The SMILES string of the molecule is CCCCCCCCCCCCOP(=O)(O)OCCCCN(CCCCCCCCC)CCCCCCCCC. The van der Waals surface area contributed by atoms with E-state index >= 15 is 0 Å². The molecule has 0 aliphatic carbocycles. The maximum atomic E-state index is 12.2. The van der Waals surface area contributed by atoms with Gasteiger partial charge in [0.1, 0.15) is 0 Å². The largest absolute Gasteiger partial charge is 0.472 e. The van der Waals surface area contributed by atoms with Crippen LogP contribution < -0.4 is 0 Å². The van der Waals surface area contributed by atoms with Crippen LogP contribution in [0.15, 0.2) is 0 Å². The summed E-state index contributed by atoms with van der Waals surface area (Å²) in [6, 6.07) is 0. The number of phosphoric acid groups is 1. The van der Waals surface area contributed by atoms with E-state index in [4.69, 9.17) is 9.05 Å². The Morgan fingerprint density at radius 3 is 1.02 bits per heavy atom. The molecule has 1 atom stereocenters. The number of nitrogens with zero attached hydrogens (tertiary/aromatic N) is 1. The lowest BCUT2D eigenvalue weighted by atomic mass is 10.1. The summed E-state index contributed by atoms with van der Waals surface area (Å²) in [5.41, 5.74) is 0. The van der Waals surface area contributed by atoms with Crippen LogP contribution in [0.3, 0.4) is 0 Å². The standard InChI is InChI=1S/C34H72NO4P/c1-4-7-10-13-16-17-18-21-24-28-33-38-40(36,37)39-34-29-27-32-35(30-25-22-19-14-11-8-5-2)31-26-23-20-15-12-9-6-3/h4-34H2,1-3H3,(H,36,37). The number of unbranched alkanes of at least 4 members (excludes halogenated alkanes) is 22. The molecule has 0 amide bonds. The first kappa shape index (κ1) is 40.1. The number of phosphoric ester groups is 1. The van der Waals surface area contributed by atoms with Gasteiger partial charge in [0, 0.05) is 0 Å². The Labute approximate surface area is 251 Å². The van der Waals surface area contributed by atoms with Gasteiger partial charge in [-0.1, -0.05) is 156 Å². The maximum absolute atomic E-state index is 12.2. The molecule has 0 heterocycles. The maximum Gasteiger partial charge on any atom is 0.472 e. The van der Waals surface area contributed by atoms with Crippen LogP contribution in [0.1, 0.15) is 188 Å². The van der Waals surface area contributed by atoms with Crippen LogP contribution in [-0.2, 0) is 13.6 Å². The van der Waals surface area contributed by atoms with E-state index in [0.29, 0.717) is 13.2 Å². The molecule has 0 saturated carbocycles. The van der Waals surface area contributed by atoms with Crippen molar-refractivity contribution in [1.29, 1.82) is 0 Å². The van der Waals surface area contributed by atoms with Crippen LogP contribution >= 0.6 is 7.82 Å². The van der Waals surface area contributed by atoms with Gasteiger partial charge < -0.3 is 9.79 Å². The monoisotopic (exact) mass is 590 g/mol. The lowest BCUT2D eigenvalue weighted by Gasteiger charge is -2.22. The third kappa shape index (κ3) is 31.0. The van der Waals surface area contributed by atoms with Gasteiger partial charge in [0.2, 0.25) is 0 Å². The van der Waals surface area contributed by atoms with E-state index in [-0.39, 0.29) is 0 Å². The van der Waals surface area contributed by atoms with Crippen molar-refractivity contribution < 1.29 is 18.5 Å². The molecule has 0 bridgehead atoms. The molecule has 40 heavy (non-hydrogen) atoms. The molecule has 0 aromatic rings. The minimum absolute atomic E-state index is 0.300. The van der Waals surface area contributed by atoms with Gasteiger partial charge in [0.25, 0.3) is 0 Å². The van der Waals surface area contributed by atoms with Crippen molar-refractivity contribution in [1.82, 2.24) is 4.90 Å². The van der Waals surface area contributed by atoms with Gasteiger partial charge in [-0.05, 0) is 51.7 Å². The summed E-state index contributed by atoms with van der Waals surface area (Å²) in [5.74, 6) is 0. The summed E-state index contributed by atoms with van der Waals surface area (Å²) >= 11 is 0. The molecular formula is C34H72NO4P. The molecular weight excluding hydrogens is 517 g/mol. The molecule has 242 valence electrons. The van der Waals surface area contributed by atoms with E-state index < -0.39 is 7.82 Å². The van der Waals surface area contributed by atoms with Crippen LogP contribution in [0.5, 0.6) is 0 Å². The predicted molar refractivity (Wildman–Crippen MR) is 175 cm³/mol. The lowest BCUT2D eigenvalue weighted by molar-refractivity contribution is 0.143. The molecule has 1 N–H and O–H groups in total. The Kier molecular flexibility index (Phi) is 32.0. The van der Waals surface area contributed by atoms with Gasteiger partial charge in [-0.3, -0.25) is 9.05 Å². The molecule has 0 aromatic carbocycles. The second kappa shape index (κ2) is 32.0. The fraction of sp³-hybridized carbons (Fsp3) is 1.00. The van der Waals surface area contributed by atoms with Gasteiger partial charge in [-0.25, -0.2) is 4.57 Å². The predicted octanol–water partition coefficient (Wildman–Crippen LogP) is 11.6. The molecule has 0 spiro atoms. The van der Waals surface area contributed by atoms with Crippen molar-refractivity contribution in [2.75, 3.05) is 32.8 Å². The molecule has 0 saturated heterocycles. The summed E-state index contributed by atoms with van der Waals surface area (Å²) in [6.45, 7) is 10.9. The van der Waals surface area contributed by atoms with Crippen molar-refractivity contribution in [3.8, 4) is 0 Å². The molecule has 0 fully saturated rings. The molecule has 0 radical (unpaired) electrons. The quantitative estimate of drug-likeness (QED) is 0.0597. The van der Waals surface area contributed by atoms with Gasteiger partial charge in [0.05, 0.1) is 13.2 Å². The highest BCUT2D eigenvalue weighted by Gasteiger charge is 2.20. The molecule has 5 nitrogen and oxygen atoms in total. The molecule has 0 aromatic heterocycles. The third-order valence-electron chi connectivity index (χ3n) is 8.03. The minimum atomic E-state index is -3.91. The Morgan fingerprint density at radius 1 is 0.425 bits per heavy atom. The van der Waals surface area contributed by atoms with E-state index in [2.05, 4.69) is 25.7 Å². The van der Waals surface area contributed by atoms with Gasteiger partial charge in [-0.2, -0.15) is 0 Å². The van der Waals surface area contributed by atoms with Gasteiger partial charge >= 0.3 is 7.82 Å². The van der Waals surface area contributed by atoms with Crippen molar-refractivity contribution in [2.45, 2.75) is 188 Å². The average Bonchev–Trinajstić information content (AvgIpc) is 2.94. The second-order valence-corrected chi connectivity index (χ2v) is 13.6. The highest BCUT2D eigenvalue weighted by Crippen LogP contribution is 2.43. The molecule has 0 rings (SSSR count). The summed E-state index contributed by atoms with van der Waals surface area (Å²) in [7, 11) is -3.91. The molecule has 0 aliphatic heterocycles. The van der Waals surface area contributed by atoms with Crippen molar-refractivity contribution >= 4 is 7.82 Å². The first-order chi connectivity index (χ1) is 19.6. The van der Waals surface area contributed by atoms with E-state index in [9.17, 15) is 9.46 Å². The normalized spacial score (nSPS) is 13.3. The van der Waals surface area contributed by atoms with E-state index in [1.165, 1.54) is 154 Å². The Bertz CT molecular complexity index is 516. The first-order valence-corrected chi connectivity index (χ1v) is 19.4. The number of hydrogen-bond acceptors (Lipinski definition) is 4. The molecule has 0 aliphatic rings. The van der Waals surface area contributed by atoms with E-state index in [1.807, 2.05) is 0 Å². The average molecular weight is 590 g/mol. The topological polar surface area (TPSA) is 59.0 Å². The highest BCUT2D eigenvalue weighted by atomic mass is 31.2. The number of rotatable bonds is 34. The van der Waals surface area contributed by atoms with Crippen molar-refractivity contribution in [3.63, 3.8) is 0 Å².